The summed E-state index contributed by atoms with van der Waals surface area (Å²) in [6, 6.07) is 0. The first-order valence-corrected chi connectivity index (χ1v) is 3.68. The molecule has 0 aromatic heterocycles. The fourth-order valence-corrected chi connectivity index (χ4v) is 0.586. The second-order valence-corrected chi connectivity index (χ2v) is 2.90. The Kier molecular flexibility index (Phi) is 2.30. The first-order chi connectivity index (χ1) is 5.41. The second kappa shape index (κ2) is 2.95. The molecule has 1 aliphatic rings. The predicted molar refractivity (Wildman–Crippen MR) is 34.3 cm³/mol. The van der Waals surface area contributed by atoms with Crippen molar-refractivity contribution in [1.82, 2.24) is 0 Å². The van der Waals surface area contributed by atoms with Crippen LogP contribution in [0.5, 0.6) is 0 Å². The first kappa shape index (κ1) is 9.35. The van der Waals surface area contributed by atoms with Crippen LogP contribution in [0.15, 0.2) is 0 Å². The zero-order chi connectivity index (χ0) is 9.35. The van der Waals surface area contributed by atoms with E-state index in [0.29, 0.717) is 12.8 Å². The Morgan fingerprint density at radius 2 is 2.00 bits per heavy atom. The van der Waals surface area contributed by atoms with Crippen LogP contribution in [0.4, 0.5) is 13.2 Å². The van der Waals surface area contributed by atoms with Crippen LogP contribution in [0.1, 0.15) is 19.8 Å². The average Bonchev–Trinajstić information content (AvgIpc) is 2.68. The van der Waals surface area contributed by atoms with E-state index in [1.165, 1.54) is 0 Å². The molecular weight excluding hydrogens is 173 g/mol. The SMILES string of the molecule is CC(C(=O)OC1CC1)C(F)(F)F. The summed E-state index contributed by atoms with van der Waals surface area (Å²) >= 11 is 0. The highest BCUT2D eigenvalue weighted by atomic mass is 19.4. The molecule has 1 saturated carbocycles. The molecule has 0 bridgehead atoms. The number of alkyl halides is 3. The van der Waals surface area contributed by atoms with Gasteiger partial charge in [-0.3, -0.25) is 4.79 Å². The van der Waals surface area contributed by atoms with Gasteiger partial charge >= 0.3 is 12.1 Å². The van der Waals surface area contributed by atoms with Crippen LogP contribution >= 0.6 is 0 Å². The third-order valence-corrected chi connectivity index (χ3v) is 1.65. The van der Waals surface area contributed by atoms with Gasteiger partial charge in [-0.15, -0.1) is 0 Å². The molecule has 0 aromatic carbocycles. The van der Waals surface area contributed by atoms with Gasteiger partial charge in [-0.05, 0) is 19.8 Å². The van der Waals surface area contributed by atoms with Gasteiger partial charge in [0, 0.05) is 0 Å². The molecule has 0 aliphatic heterocycles. The van der Waals surface area contributed by atoms with Crippen LogP contribution in [0, 0.1) is 5.92 Å². The van der Waals surface area contributed by atoms with Crippen molar-refractivity contribution in [2.75, 3.05) is 0 Å². The van der Waals surface area contributed by atoms with E-state index in [2.05, 4.69) is 4.74 Å². The molecule has 0 amide bonds. The highest BCUT2D eigenvalue weighted by molar-refractivity contribution is 5.73. The summed E-state index contributed by atoms with van der Waals surface area (Å²) in [5.74, 6) is -3.16. The molecular formula is C7H9F3O2. The Bertz CT molecular complexity index is 184. The number of carbonyl (C=O) groups excluding carboxylic acids is 1. The molecule has 70 valence electrons. The standard InChI is InChI=1S/C7H9F3O2/c1-4(7(8,9)10)6(11)12-5-2-3-5/h4-5H,2-3H2,1H3. The number of halogens is 3. The van der Waals surface area contributed by atoms with E-state index in [9.17, 15) is 18.0 Å². The van der Waals surface area contributed by atoms with Gasteiger partial charge in [0.25, 0.3) is 0 Å². The normalized spacial score (nSPS) is 20.3. The second-order valence-electron chi connectivity index (χ2n) is 2.90. The third kappa shape index (κ3) is 2.39. The van der Waals surface area contributed by atoms with E-state index < -0.39 is 18.1 Å². The lowest BCUT2D eigenvalue weighted by atomic mass is 10.2. The Hall–Kier alpha value is -0.740. The van der Waals surface area contributed by atoms with E-state index >= 15 is 0 Å². The number of rotatable bonds is 2. The van der Waals surface area contributed by atoms with Crippen molar-refractivity contribution in [2.24, 2.45) is 5.92 Å². The van der Waals surface area contributed by atoms with Crippen molar-refractivity contribution in [3.05, 3.63) is 0 Å². The van der Waals surface area contributed by atoms with Crippen LogP contribution in [0.25, 0.3) is 0 Å². The molecule has 1 rings (SSSR count). The summed E-state index contributed by atoms with van der Waals surface area (Å²) in [6.45, 7) is 0.810. The van der Waals surface area contributed by atoms with Crippen LogP contribution in [0.3, 0.4) is 0 Å². The van der Waals surface area contributed by atoms with E-state index in [1.807, 2.05) is 0 Å². The van der Waals surface area contributed by atoms with Gasteiger partial charge in [-0.2, -0.15) is 13.2 Å². The van der Waals surface area contributed by atoms with E-state index in [0.717, 1.165) is 6.92 Å². The van der Waals surface area contributed by atoms with Gasteiger partial charge in [0.05, 0.1) is 0 Å². The molecule has 0 heterocycles. The molecule has 0 aromatic rings. The number of hydrogen-bond acceptors (Lipinski definition) is 2. The quantitative estimate of drug-likeness (QED) is 0.609. The fourth-order valence-electron chi connectivity index (χ4n) is 0.586. The van der Waals surface area contributed by atoms with Crippen molar-refractivity contribution in [1.29, 1.82) is 0 Å². The van der Waals surface area contributed by atoms with Gasteiger partial charge in [0.2, 0.25) is 0 Å². The maximum Gasteiger partial charge on any atom is 0.401 e. The molecule has 5 heteroatoms. The lowest BCUT2D eigenvalue weighted by Gasteiger charge is -2.13. The van der Waals surface area contributed by atoms with Gasteiger partial charge in [0.1, 0.15) is 12.0 Å². The topological polar surface area (TPSA) is 26.3 Å². The maximum atomic E-state index is 11.9. The molecule has 2 nitrogen and oxygen atoms in total. The highest BCUT2D eigenvalue weighted by Gasteiger charge is 2.43. The van der Waals surface area contributed by atoms with E-state index in [-0.39, 0.29) is 6.10 Å². The molecule has 1 fully saturated rings. The minimum atomic E-state index is -4.48. The summed E-state index contributed by atoms with van der Waals surface area (Å²) in [6.07, 6.45) is -3.36. The van der Waals surface area contributed by atoms with Crippen molar-refractivity contribution in [3.63, 3.8) is 0 Å². The number of ether oxygens (including phenoxy) is 1. The first-order valence-electron chi connectivity index (χ1n) is 3.68. The Morgan fingerprint density at radius 1 is 1.50 bits per heavy atom. The minimum absolute atomic E-state index is 0.262. The van der Waals surface area contributed by atoms with Crippen molar-refractivity contribution < 1.29 is 22.7 Å². The number of carbonyl (C=O) groups is 1. The molecule has 0 saturated heterocycles. The van der Waals surface area contributed by atoms with Crippen LogP contribution in [-0.2, 0) is 9.53 Å². The third-order valence-electron chi connectivity index (χ3n) is 1.65. The van der Waals surface area contributed by atoms with Gasteiger partial charge in [0.15, 0.2) is 0 Å². The maximum absolute atomic E-state index is 11.9. The Labute approximate surface area is 67.7 Å². The van der Waals surface area contributed by atoms with Gasteiger partial charge in [-0.1, -0.05) is 0 Å². The molecule has 1 aliphatic carbocycles. The summed E-state index contributed by atoms with van der Waals surface area (Å²) in [5, 5.41) is 0. The minimum Gasteiger partial charge on any atom is -0.462 e. The van der Waals surface area contributed by atoms with Crippen molar-refractivity contribution in [3.8, 4) is 0 Å². The fraction of sp³-hybridized carbons (Fsp3) is 0.857. The summed E-state index contributed by atoms with van der Waals surface area (Å²) in [5.41, 5.74) is 0. The Balaban J connectivity index is 2.39. The summed E-state index contributed by atoms with van der Waals surface area (Å²) in [7, 11) is 0. The molecule has 0 spiro atoms. The average molecular weight is 182 g/mol. The van der Waals surface area contributed by atoms with Gasteiger partial charge < -0.3 is 4.74 Å². The number of esters is 1. The monoisotopic (exact) mass is 182 g/mol. The zero-order valence-corrected chi connectivity index (χ0v) is 6.52. The van der Waals surface area contributed by atoms with Crippen molar-refractivity contribution in [2.45, 2.75) is 32.0 Å². The van der Waals surface area contributed by atoms with Gasteiger partial charge in [-0.25, -0.2) is 0 Å². The largest absolute Gasteiger partial charge is 0.462 e. The molecule has 12 heavy (non-hydrogen) atoms. The Morgan fingerprint density at radius 3 is 2.33 bits per heavy atom. The predicted octanol–water partition coefficient (Wildman–Crippen LogP) is 1.89. The molecule has 0 radical (unpaired) electrons. The van der Waals surface area contributed by atoms with E-state index in [4.69, 9.17) is 0 Å². The molecule has 1 unspecified atom stereocenters. The molecule has 1 atom stereocenters. The number of hydrogen-bond donors (Lipinski definition) is 0. The highest BCUT2D eigenvalue weighted by Crippen LogP contribution is 2.30. The smallest absolute Gasteiger partial charge is 0.401 e. The van der Waals surface area contributed by atoms with Crippen LogP contribution in [-0.4, -0.2) is 18.2 Å². The van der Waals surface area contributed by atoms with E-state index in [1.54, 1.807) is 0 Å². The summed E-state index contributed by atoms with van der Waals surface area (Å²) < 4.78 is 40.1. The molecule has 0 N–H and O–H groups in total. The van der Waals surface area contributed by atoms with Crippen LogP contribution in [0.2, 0.25) is 0 Å². The summed E-state index contributed by atoms with van der Waals surface area (Å²) in [4.78, 5) is 10.7. The van der Waals surface area contributed by atoms with Crippen molar-refractivity contribution >= 4 is 5.97 Å². The lowest BCUT2D eigenvalue weighted by Crippen LogP contribution is -2.29. The zero-order valence-electron chi connectivity index (χ0n) is 6.52. The lowest BCUT2D eigenvalue weighted by molar-refractivity contribution is -0.194. The van der Waals surface area contributed by atoms with Crippen LogP contribution < -0.4 is 0 Å².